The van der Waals surface area contributed by atoms with Crippen LogP contribution in [0.25, 0.3) is 16.9 Å². The van der Waals surface area contributed by atoms with Crippen LogP contribution in [0.4, 0.5) is 0 Å². The van der Waals surface area contributed by atoms with Crippen molar-refractivity contribution in [2.45, 2.75) is 6.92 Å². The van der Waals surface area contributed by atoms with Crippen LogP contribution in [-0.4, -0.2) is 30.9 Å². The maximum Gasteiger partial charge on any atom is 0.141 e. The SMILES string of the molecule is Cc1cccc(-c2nn(-c3ccccc3)cc2/C=N\n2cnnc2)c1. The molecule has 0 aliphatic heterocycles. The second-order valence-electron chi connectivity index (χ2n) is 5.67. The summed E-state index contributed by atoms with van der Waals surface area (Å²) < 4.78 is 3.42. The molecule has 25 heavy (non-hydrogen) atoms. The Labute approximate surface area is 145 Å². The second kappa shape index (κ2) is 6.52. The van der Waals surface area contributed by atoms with E-state index in [1.807, 2.05) is 47.3 Å². The molecule has 0 amide bonds. The first-order valence-electron chi connectivity index (χ1n) is 7.91. The van der Waals surface area contributed by atoms with Crippen LogP contribution in [0, 0.1) is 6.92 Å². The van der Waals surface area contributed by atoms with Gasteiger partial charge < -0.3 is 0 Å². The highest BCUT2D eigenvalue weighted by atomic mass is 15.4. The van der Waals surface area contributed by atoms with Crippen molar-refractivity contribution in [2.24, 2.45) is 5.10 Å². The average Bonchev–Trinajstić information content (AvgIpc) is 3.30. The minimum Gasteiger partial charge on any atom is -0.240 e. The third-order valence-electron chi connectivity index (χ3n) is 3.79. The summed E-state index contributed by atoms with van der Waals surface area (Å²) in [6.07, 6.45) is 6.84. The molecule has 0 aliphatic carbocycles. The van der Waals surface area contributed by atoms with E-state index >= 15 is 0 Å². The average molecular weight is 328 g/mol. The normalized spacial score (nSPS) is 11.2. The lowest BCUT2D eigenvalue weighted by Gasteiger charge is -2.01. The van der Waals surface area contributed by atoms with E-state index in [2.05, 4.69) is 40.4 Å². The summed E-state index contributed by atoms with van der Waals surface area (Å²) in [6, 6.07) is 18.3. The van der Waals surface area contributed by atoms with E-state index in [1.54, 1.807) is 23.5 Å². The lowest BCUT2D eigenvalue weighted by molar-refractivity contribution is 0.877. The van der Waals surface area contributed by atoms with E-state index in [0.29, 0.717) is 0 Å². The molecule has 0 bridgehead atoms. The van der Waals surface area contributed by atoms with Gasteiger partial charge in [-0.25, -0.2) is 9.36 Å². The molecule has 0 atom stereocenters. The zero-order chi connectivity index (χ0) is 17.1. The molecule has 2 aromatic carbocycles. The molecule has 6 heteroatoms. The van der Waals surface area contributed by atoms with Crippen molar-refractivity contribution in [3.05, 3.63) is 84.6 Å². The molecule has 0 radical (unpaired) electrons. The summed E-state index contributed by atoms with van der Waals surface area (Å²) in [4.78, 5) is 0. The van der Waals surface area contributed by atoms with E-state index < -0.39 is 0 Å². The number of rotatable bonds is 4. The first-order valence-corrected chi connectivity index (χ1v) is 7.91. The van der Waals surface area contributed by atoms with Crippen LogP contribution in [0.2, 0.25) is 0 Å². The number of benzene rings is 2. The Kier molecular flexibility index (Phi) is 3.92. The highest BCUT2D eigenvalue weighted by Crippen LogP contribution is 2.23. The van der Waals surface area contributed by atoms with Gasteiger partial charge in [0.15, 0.2) is 0 Å². The van der Waals surface area contributed by atoms with Gasteiger partial charge in [-0.3, -0.25) is 0 Å². The molecule has 0 aliphatic rings. The van der Waals surface area contributed by atoms with Crippen molar-refractivity contribution < 1.29 is 0 Å². The van der Waals surface area contributed by atoms with Crippen LogP contribution >= 0.6 is 0 Å². The van der Waals surface area contributed by atoms with Crippen molar-refractivity contribution in [3.8, 4) is 16.9 Å². The Hall–Kier alpha value is -3.54. The Bertz CT molecular complexity index is 1000. The zero-order valence-corrected chi connectivity index (χ0v) is 13.7. The number of aromatic nitrogens is 5. The summed E-state index contributed by atoms with van der Waals surface area (Å²) >= 11 is 0. The van der Waals surface area contributed by atoms with Crippen LogP contribution in [0.1, 0.15) is 11.1 Å². The molecule has 0 fully saturated rings. The topological polar surface area (TPSA) is 60.9 Å². The van der Waals surface area contributed by atoms with E-state index in [1.165, 1.54) is 5.56 Å². The fourth-order valence-electron chi connectivity index (χ4n) is 2.60. The molecule has 2 aromatic heterocycles. The van der Waals surface area contributed by atoms with Crippen LogP contribution < -0.4 is 0 Å². The molecule has 4 aromatic rings. The number of aryl methyl sites for hydroxylation is 1. The lowest BCUT2D eigenvalue weighted by atomic mass is 10.1. The summed E-state index contributed by atoms with van der Waals surface area (Å²) in [5, 5.41) is 16.7. The van der Waals surface area contributed by atoms with E-state index in [-0.39, 0.29) is 0 Å². The minimum atomic E-state index is 0.879. The van der Waals surface area contributed by atoms with E-state index in [9.17, 15) is 0 Å². The fraction of sp³-hybridized carbons (Fsp3) is 0.0526. The maximum absolute atomic E-state index is 4.78. The smallest absolute Gasteiger partial charge is 0.141 e. The van der Waals surface area contributed by atoms with Crippen molar-refractivity contribution in [1.29, 1.82) is 0 Å². The molecule has 6 nitrogen and oxygen atoms in total. The molecule has 0 spiro atoms. The molecule has 4 rings (SSSR count). The van der Waals surface area contributed by atoms with Crippen LogP contribution in [0.15, 0.2) is 78.6 Å². The lowest BCUT2D eigenvalue weighted by Crippen LogP contribution is -1.94. The van der Waals surface area contributed by atoms with Gasteiger partial charge >= 0.3 is 0 Å². The van der Waals surface area contributed by atoms with Gasteiger partial charge in [0.05, 0.1) is 11.9 Å². The Balaban J connectivity index is 1.81. The number of hydrogen-bond acceptors (Lipinski definition) is 4. The van der Waals surface area contributed by atoms with Gasteiger partial charge in [0, 0.05) is 17.3 Å². The first kappa shape index (κ1) is 15.0. The largest absolute Gasteiger partial charge is 0.240 e. The molecular formula is C19H16N6. The quantitative estimate of drug-likeness (QED) is 0.540. The predicted molar refractivity (Wildman–Crippen MR) is 96.8 cm³/mol. The number of nitrogens with zero attached hydrogens (tertiary/aromatic N) is 6. The molecule has 122 valence electrons. The van der Waals surface area contributed by atoms with E-state index in [4.69, 9.17) is 5.10 Å². The van der Waals surface area contributed by atoms with Gasteiger partial charge in [-0.1, -0.05) is 42.0 Å². The van der Waals surface area contributed by atoms with Crippen LogP contribution in [0.3, 0.4) is 0 Å². The van der Waals surface area contributed by atoms with Gasteiger partial charge in [0.25, 0.3) is 0 Å². The van der Waals surface area contributed by atoms with Crippen molar-refractivity contribution in [3.63, 3.8) is 0 Å². The number of para-hydroxylation sites is 1. The van der Waals surface area contributed by atoms with Crippen LogP contribution in [-0.2, 0) is 0 Å². The van der Waals surface area contributed by atoms with Gasteiger partial charge in [-0.05, 0) is 25.1 Å². The van der Waals surface area contributed by atoms with Crippen molar-refractivity contribution >= 4 is 6.21 Å². The zero-order valence-electron chi connectivity index (χ0n) is 13.7. The predicted octanol–water partition coefficient (Wildman–Crippen LogP) is 3.32. The standard InChI is InChI=1S/C19H16N6/c1-15-6-5-7-16(10-15)19-17(11-22-24-13-20-21-14-24)12-25(23-19)18-8-3-2-4-9-18/h2-14H,1H3/b22-11-. The molecule has 0 N–H and O–H groups in total. The third-order valence-corrected chi connectivity index (χ3v) is 3.79. The Morgan fingerprint density at radius 2 is 1.76 bits per heavy atom. The summed E-state index contributed by atoms with van der Waals surface area (Å²) in [5.41, 5.74) is 5.04. The molecule has 0 saturated carbocycles. The molecule has 0 saturated heterocycles. The van der Waals surface area contributed by atoms with Gasteiger partial charge in [0.2, 0.25) is 0 Å². The summed E-state index contributed by atoms with van der Waals surface area (Å²) in [5.74, 6) is 0. The summed E-state index contributed by atoms with van der Waals surface area (Å²) in [7, 11) is 0. The van der Waals surface area contributed by atoms with Gasteiger partial charge in [-0.2, -0.15) is 10.2 Å². The first-order chi connectivity index (χ1) is 12.3. The molecular weight excluding hydrogens is 312 g/mol. The summed E-state index contributed by atoms with van der Waals surface area (Å²) in [6.45, 7) is 2.07. The fourth-order valence-corrected chi connectivity index (χ4v) is 2.60. The highest BCUT2D eigenvalue weighted by molar-refractivity contribution is 5.88. The van der Waals surface area contributed by atoms with Gasteiger partial charge in [-0.15, -0.1) is 10.2 Å². The van der Waals surface area contributed by atoms with Crippen molar-refractivity contribution in [2.75, 3.05) is 0 Å². The Morgan fingerprint density at radius 3 is 2.52 bits per heavy atom. The monoisotopic (exact) mass is 328 g/mol. The second-order valence-corrected chi connectivity index (χ2v) is 5.67. The Morgan fingerprint density at radius 1 is 0.960 bits per heavy atom. The minimum absolute atomic E-state index is 0.879. The molecule has 0 unspecified atom stereocenters. The number of hydrogen-bond donors (Lipinski definition) is 0. The third kappa shape index (κ3) is 3.23. The highest BCUT2D eigenvalue weighted by Gasteiger charge is 2.11. The molecule has 2 heterocycles. The maximum atomic E-state index is 4.78. The van der Waals surface area contributed by atoms with Crippen molar-refractivity contribution in [1.82, 2.24) is 24.7 Å². The van der Waals surface area contributed by atoms with E-state index in [0.717, 1.165) is 22.5 Å². The van der Waals surface area contributed by atoms with Gasteiger partial charge in [0.1, 0.15) is 18.3 Å². The van der Waals surface area contributed by atoms with Crippen LogP contribution in [0.5, 0.6) is 0 Å².